The molecule has 1 heterocycles. The van der Waals surface area contributed by atoms with Crippen LogP contribution in [0.5, 0.6) is 0 Å². The van der Waals surface area contributed by atoms with Gasteiger partial charge in [0.2, 0.25) is 0 Å². The van der Waals surface area contributed by atoms with Crippen molar-refractivity contribution in [1.82, 2.24) is 4.98 Å². The molecule has 0 saturated heterocycles. The summed E-state index contributed by atoms with van der Waals surface area (Å²) in [7, 11) is 0. The van der Waals surface area contributed by atoms with Crippen LogP contribution in [0.15, 0.2) is 36.5 Å². The fourth-order valence-corrected chi connectivity index (χ4v) is 1.54. The van der Waals surface area contributed by atoms with Crippen LogP contribution in [0.25, 0.3) is 10.9 Å². The molecule has 1 unspecified atom stereocenters. The molecule has 2 rings (SSSR count). The average Bonchev–Trinajstić information content (AvgIpc) is 2.29. The molecule has 1 aromatic heterocycles. The molecule has 1 atom stereocenters. The van der Waals surface area contributed by atoms with Gasteiger partial charge in [0.15, 0.2) is 0 Å². The Hall–Kier alpha value is -1.71. The lowest BCUT2D eigenvalue weighted by molar-refractivity contribution is 0.131. The molecule has 0 saturated carbocycles. The second-order valence-corrected chi connectivity index (χ2v) is 3.64. The summed E-state index contributed by atoms with van der Waals surface area (Å²) < 4.78 is 24.9. The van der Waals surface area contributed by atoms with Crippen molar-refractivity contribution in [3.8, 4) is 0 Å². The van der Waals surface area contributed by atoms with E-state index in [0.717, 1.165) is 10.9 Å². The van der Waals surface area contributed by atoms with Gasteiger partial charge in [-0.3, -0.25) is 4.98 Å². The molecule has 0 spiro atoms. The summed E-state index contributed by atoms with van der Waals surface area (Å²) in [5.41, 5.74) is 1.49. The normalized spacial score (nSPS) is 13.0. The molecule has 0 aliphatic rings. The van der Waals surface area contributed by atoms with Crippen LogP contribution in [0.4, 0.5) is 14.5 Å². The third-order valence-corrected chi connectivity index (χ3v) is 2.41. The Morgan fingerprint density at radius 1 is 1.19 bits per heavy atom. The van der Waals surface area contributed by atoms with Crippen molar-refractivity contribution < 1.29 is 8.78 Å². The standard InChI is InChI=1S/C12H12F2N2/c1-8(12(13)14)16-11-6-2-5-10-9(11)4-3-7-15-10/h2-8,12,16H,1H3. The number of hydrogen-bond donors (Lipinski definition) is 1. The van der Waals surface area contributed by atoms with E-state index in [0.29, 0.717) is 5.69 Å². The number of nitrogens with one attached hydrogen (secondary N) is 1. The summed E-state index contributed by atoms with van der Waals surface area (Å²) in [4.78, 5) is 4.17. The van der Waals surface area contributed by atoms with E-state index >= 15 is 0 Å². The summed E-state index contributed by atoms with van der Waals surface area (Å²) in [6.07, 6.45) is -0.699. The first kappa shape index (κ1) is 10.8. The third kappa shape index (κ3) is 2.10. The van der Waals surface area contributed by atoms with Crippen LogP contribution in [0.3, 0.4) is 0 Å². The van der Waals surface area contributed by atoms with Gasteiger partial charge in [0, 0.05) is 17.3 Å². The minimum atomic E-state index is -2.38. The third-order valence-electron chi connectivity index (χ3n) is 2.41. The molecular weight excluding hydrogens is 210 g/mol. The zero-order valence-electron chi connectivity index (χ0n) is 8.82. The highest BCUT2D eigenvalue weighted by atomic mass is 19.3. The number of hydrogen-bond acceptors (Lipinski definition) is 2. The quantitative estimate of drug-likeness (QED) is 0.861. The number of fused-ring (bicyclic) bond motifs is 1. The topological polar surface area (TPSA) is 24.9 Å². The Kier molecular flexibility index (Phi) is 2.99. The van der Waals surface area contributed by atoms with Crippen LogP contribution in [-0.2, 0) is 0 Å². The zero-order valence-corrected chi connectivity index (χ0v) is 8.82. The molecule has 0 aliphatic carbocycles. The highest BCUT2D eigenvalue weighted by Gasteiger charge is 2.14. The van der Waals surface area contributed by atoms with Crippen LogP contribution in [0.1, 0.15) is 6.92 Å². The summed E-state index contributed by atoms with van der Waals surface area (Å²) in [5, 5.41) is 3.65. The van der Waals surface area contributed by atoms with Crippen LogP contribution >= 0.6 is 0 Å². The van der Waals surface area contributed by atoms with Gasteiger partial charge in [0.1, 0.15) is 0 Å². The Balaban J connectivity index is 2.37. The van der Waals surface area contributed by atoms with Crippen LogP contribution in [0.2, 0.25) is 0 Å². The summed E-state index contributed by atoms with van der Waals surface area (Å²) in [5.74, 6) is 0. The van der Waals surface area contributed by atoms with Crippen molar-refractivity contribution in [1.29, 1.82) is 0 Å². The first-order chi connectivity index (χ1) is 7.68. The summed E-state index contributed by atoms with van der Waals surface area (Å²) in [6, 6.07) is 8.22. The lowest BCUT2D eigenvalue weighted by Gasteiger charge is -2.15. The maximum absolute atomic E-state index is 12.4. The van der Waals surface area contributed by atoms with Crippen LogP contribution in [-0.4, -0.2) is 17.5 Å². The molecule has 4 heteroatoms. The summed E-state index contributed by atoms with van der Waals surface area (Å²) in [6.45, 7) is 1.46. The average molecular weight is 222 g/mol. The maximum Gasteiger partial charge on any atom is 0.258 e. The lowest BCUT2D eigenvalue weighted by atomic mass is 10.1. The van der Waals surface area contributed by atoms with E-state index in [1.165, 1.54) is 6.92 Å². The highest BCUT2D eigenvalue weighted by Crippen LogP contribution is 2.22. The van der Waals surface area contributed by atoms with E-state index < -0.39 is 12.5 Å². The molecular formula is C12H12F2N2. The van der Waals surface area contributed by atoms with Crippen molar-refractivity contribution in [2.24, 2.45) is 0 Å². The molecule has 2 nitrogen and oxygen atoms in total. The lowest BCUT2D eigenvalue weighted by Crippen LogP contribution is -2.23. The van der Waals surface area contributed by atoms with Gasteiger partial charge >= 0.3 is 0 Å². The molecule has 2 aromatic rings. The van der Waals surface area contributed by atoms with E-state index in [1.54, 1.807) is 24.4 Å². The van der Waals surface area contributed by atoms with E-state index in [9.17, 15) is 8.78 Å². The molecule has 0 bridgehead atoms. The van der Waals surface area contributed by atoms with Crippen molar-refractivity contribution in [2.75, 3.05) is 5.32 Å². The van der Waals surface area contributed by atoms with Crippen molar-refractivity contribution >= 4 is 16.6 Å². The molecule has 16 heavy (non-hydrogen) atoms. The number of nitrogens with zero attached hydrogens (tertiary/aromatic N) is 1. The van der Waals surface area contributed by atoms with Gasteiger partial charge in [-0.1, -0.05) is 6.07 Å². The minimum absolute atomic E-state index is 0.693. The summed E-state index contributed by atoms with van der Waals surface area (Å²) >= 11 is 0. The van der Waals surface area contributed by atoms with Gasteiger partial charge in [0.05, 0.1) is 11.6 Å². The molecule has 84 valence electrons. The second-order valence-electron chi connectivity index (χ2n) is 3.64. The Bertz CT molecular complexity index is 480. The van der Waals surface area contributed by atoms with Gasteiger partial charge in [0.25, 0.3) is 6.43 Å². The number of aromatic nitrogens is 1. The molecule has 0 radical (unpaired) electrons. The number of rotatable bonds is 3. The molecule has 0 amide bonds. The first-order valence-electron chi connectivity index (χ1n) is 5.07. The number of halogens is 2. The second kappa shape index (κ2) is 4.43. The number of benzene rings is 1. The predicted molar refractivity (Wildman–Crippen MR) is 60.8 cm³/mol. The van der Waals surface area contributed by atoms with E-state index in [2.05, 4.69) is 10.3 Å². The Labute approximate surface area is 92.3 Å². The van der Waals surface area contributed by atoms with Gasteiger partial charge in [-0.2, -0.15) is 0 Å². The Morgan fingerprint density at radius 3 is 2.75 bits per heavy atom. The largest absolute Gasteiger partial charge is 0.376 e. The van der Waals surface area contributed by atoms with E-state index in [4.69, 9.17) is 0 Å². The zero-order chi connectivity index (χ0) is 11.5. The SMILES string of the molecule is CC(Nc1cccc2ncccc12)C(F)F. The van der Waals surface area contributed by atoms with E-state index in [1.807, 2.05) is 12.1 Å². The maximum atomic E-state index is 12.4. The van der Waals surface area contributed by atoms with E-state index in [-0.39, 0.29) is 0 Å². The number of pyridine rings is 1. The molecule has 0 aliphatic heterocycles. The predicted octanol–water partition coefficient (Wildman–Crippen LogP) is 3.30. The van der Waals surface area contributed by atoms with Crippen LogP contribution in [0, 0.1) is 0 Å². The van der Waals surface area contributed by atoms with Gasteiger partial charge < -0.3 is 5.32 Å². The van der Waals surface area contributed by atoms with Crippen molar-refractivity contribution in [3.05, 3.63) is 36.5 Å². The number of alkyl halides is 2. The van der Waals surface area contributed by atoms with Gasteiger partial charge in [-0.05, 0) is 31.2 Å². The number of anilines is 1. The highest BCUT2D eigenvalue weighted by molar-refractivity contribution is 5.91. The van der Waals surface area contributed by atoms with Gasteiger partial charge in [-0.25, -0.2) is 8.78 Å². The molecule has 0 fully saturated rings. The fraction of sp³-hybridized carbons (Fsp3) is 0.250. The smallest absolute Gasteiger partial charge is 0.258 e. The molecule has 1 N–H and O–H groups in total. The fourth-order valence-electron chi connectivity index (χ4n) is 1.54. The minimum Gasteiger partial charge on any atom is -0.376 e. The Morgan fingerprint density at radius 2 is 2.00 bits per heavy atom. The molecule has 1 aromatic carbocycles. The first-order valence-corrected chi connectivity index (χ1v) is 5.07. The monoisotopic (exact) mass is 222 g/mol. The van der Waals surface area contributed by atoms with Crippen molar-refractivity contribution in [3.63, 3.8) is 0 Å². The van der Waals surface area contributed by atoms with Crippen LogP contribution < -0.4 is 5.32 Å². The van der Waals surface area contributed by atoms with Gasteiger partial charge in [-0.15, -0.1) is 0 Å². The van der Waals surface area contributed by atoms with Crippen molar-refractivity contribution in [2.45, 2.75) is 19.4 Å².